The summed E-state index contributed by atoms with van der Waals surface area (Å²) in [6, 6.07) is 7.18. The monoisotopic (exact) mass is 236 g/mol. The van der Waals surface area contributed by atoms with Crippen LogP contribution in [0.2, 0.25) is 5.02 Å². The summed E-state index contributed by atoms with van der Waals surface area (Å²) in [5.74, 6) is 0. The molecule has 3 nitrogen and oxygen atoms in total. The number of aliphatic hydroxyl groups excluding tert-OH is 1. The highest BCUT2D eigenvalue weighted by Gasteiger charge is 2.14. The van der Waals surface area contributed by atoms with Gasteiger partial charge in [-0.15, -0.1) is 0 Å². The predicted molar refractivity (Wildman–Crippen MR) is 63.4 cm³/mol. The first kappa shape index (κ1) is 11.2. The molecule has 0 bridgehead atoms. The average Bonchev–Trinajstić information content (AvgIpc) is 2.77. The zero-order chi connectivity index (χ0) is 11.5. The fourth-order valence-electron chi connectivity index (χ4n) is 1.64. The number of benzene rings is 1. The first-order chi connectivity index (χ1) is 7.72. The lowest BCUT2D eigenvalue weighted by atomic mass is 10.1. The van der Waals surface area contributed by atoms with Gasteiger partial charge in [0.2, 0.25) is 0 Å². The molecule has 0 saturated carbocycles. The molecule has 1 heterocycles. The first-order valence-corrected chi connectivity index (χ1v) is 5.53. The molecular weight excluding hydrogens is 224 g/mol. The maximum Gasteiger partial charge on any atom is 0.121 e. The summed E-state index contributed by atoms with van der Waals surface area (Å²) in [6.45, 7) is 2.81. The van der Waals surface area contributed by atoms with Gasteiger partial charge in [-0.05, 0) is 24.6 Å². The van der Waals surface area contributed by atoms with E-state index in [2.05, 4.69) is 4.98 Å². The summed E-state index contributed by atoms with van der Waals surface area (Å²) in [4.78, 5) is 4.03. The molecule has 2 rings (SSSR count). The van der Waals surface area contributed by atoms with Gasteiger partial charge < -0.3 is 9.67 Å². The average molecular weight is 237 g/mol. The van der Waals surface area contributed by atoms with Gasteiger partial charge in [-0.1, -0.05) is 23.7 Å². The van der Waals surface area contributed by atoms with Crippen LogP contribution in [0.25, 0.3) is 0 Å². The van der Waals surface area contributed by atoms with Gasteiger partial charge in [0.1, 0.15) is 6.10 Å². The van der Waals surface area contributed by atoms with Crippen molar-refractivity contribution in [2.75, 3.05) is 0 Å². The van der Waals surface area contributed by atoms with Gasteiger partial charge in [0.25, 0.3) is 0 Å². The predicted octanol–water partition coefficient (Wildman–Crippen LogP) is 2.64. The normalized spacial score (nSPS) is 12.7. The van der Waals surface area contributed by atoms with Crippen LogP contribution in [0.3, 0.4) is 0 Å². The quantitative estimate of drug-likeness (QED) is 0.890. The molecule has 84 valence electrons. The lowest BCUT2D eigenvalue weighted by Gasteiger charge is -2.12. The number of nitrogens with zero attached hydrogens (tertiary/aromatic N) is 2. The topological polar surface area (TPSA) is 38.0 Å². The van der Waals surface area contributed by atoms with Crippen molar-refractivity contribution in [3.63, 3.8) is 0 Å². The lowest BCUT2D eigenvalue weighted by molar-refractivity contribution is 0.210. The lowest BCUT2D eigenvalue weighted by Crippen LogP contribution is -2.06. The number of aliphatic hydroxyl groups is 1. The minimum Gasteiger partial charge on any atom is -0.382 e. The van der Waals surface area contributed by atoms with Gasteiger partial charge in [0.05, 0.1) is 18.2 Å². The highest BCUT2D eigenvalue weighted by molar-refractivity contribution is 6.30. The second kappa shape index (κ2) is 4.68. The second-order valence-corrected chi connectivity index (χ2v) is 4.00. The van der Waals surface area contributed by atoms with E-state index in [4.69, 9.17) is 11.6 Å². The van der Waals surface area contributed by atoms with E-state index in [-0.39, 0.29) is 0 Å². The smallest absolute Gasteiger partial charge is 0.121 e. The molecule has 0 fully saturated rings. The van der Waals surface area contributed by atoms with Crippen LogP contribution in [-0.4, -0.2) is 14.7 Å². The molecule has 1 aromatic heterocycles. The third-order valence-electron chi connectivity index (χ3n) is 2.55. The molecule has 0 aliphatic carbocycles. The molecule has 1 aromatic carbocycles. The highest BCUT2D eigenvalue weighted by atomic mass is 35.5. The van der Waals surface area contributed by atoms with Gasteiger partial charge in [-0.2, -0.15) is 0 Å². The molecule has 0 aliphatic heterocycles. The number of aromatic nitrogens is 2. The Morgan fingerprint density at radius 1 is 1.38 bits per heavy atom. The number of imidazole rings is 1. The molecule has 1 atom stereocenters. The molecule has 0 aliphatic rings. The number of halogens is 1. The number of aryl methyl sites for hydroxylation is 1. The molecule has 1 unspecified atom stereocenters. The minimum atomic E-state index is -0.653. The van der Waals surface area contributed by atoms with Crippen LogP contribution in [0.5, 0.6) is 0 Å². The van der Waals surface area contributed by atoms with Crippen LogP contribution in [0.4, 0.5) is 0 Å². The van der Waals surface area contributed by atoms with Crippen LogP contribution < -0.4 is 0 Å². The van der Waals surface area contributed by atoms with E-state index >= 15 is 0 Å². The molecule has 1 N–H and O–H groups in total. The van der Waals surface area contributed by atoms with Crippen molar-refractivity contribution in [2.45, 2.75) is 19.6 Å². The Hall–Kier alpha value is -1.32. The minimum absolute atomic E-state index is 0.653. The van der Waals surface area contributed by atoms with Crippen LogP contribution in [0.15, 0.2) is 36.8 Å². The van der Waals surface area contributed by atoms with Gasteiger partial charge in [0.15, 0.2) is 0 Å². The zero-order valence-electron chi connectivity index (χ0n) is 8.97. The van der Waals surface area contributed by atoms with E-state index in [0.717, 1.165) is 17.8 Å². The van der Waals surface area contributed by atoms with Crippen molar-refractivity contribution < 1.29 is 5.11 Å². The van der Waals surface area contributed by atoms with E-state index in [0.29, 0.717) is 5.02 Å². The Morgan fingerprint density at radius 2 is 2.06 bits per heavy atom. The van der Waals surface area contributed by atoms with E-state index in [9.17, 15) is 5.11 Å². The summed E-state index contributed by atoms with van der Waals surface area (Å²) < 4.78 is 1.92. The van der Waals surface area contributed by atoms with Crippen molar-refractivity contribution in [3.8, 4) is 0 Å². The molecule has 16 heavy (non-hydrogen) atoms. The van der Waals surface area contributed by atoms with E-state index in [1.807, 2.05) is 23.6 Å². The van der Waals surface area contributed by atoms with Crippen LogP contribution in [-0.2, 0) is 6.54 Å². The van der Waals surface area contributed by atoms with Gasteiger partial charge in [-0.25, -0.2) is 4.98 Å². The number of hydrogen-bond acceptors (Lipinski definition) is 2. The fraction of sp³-hybridized carbons (Fsp3) is 0.250. The largest absolute Gasteiger partial charge is 0.382 e. The molecule has 0 spiro atoms. The number of rotatable bonds is 3. The second-order valence-electron chi connectivity index (χ2n) is 3.56. The van der Waals surface area contributed by atoms with Crippen molar-refractivity contribution in [1.82, 2.24) is 9.55 Å². The van der Waals surface area contributed by atoms with Crippen molar-refractivity contribution in [1.29, 1.82) is 0 Å². The van der Waals surface area contributed by atoms with Gasteiger partial charge in [-0.3, -0.25) is 0 Å². The van der Waals surface area contributed by atoms with Crippen LogP contribution >= 0.6 is 11.6 Å². The SMILES string of the molecule is CCn1cncc1C(O)c1ccc(Cl)cc1. The summed E-state index contributed by atoms with van der Waals surface area (Å²) in [5, 5.41) is 10.8. The zero-order valence-corrected chi connectivity index (χ0v) is 9.72. The van der Waals surface area contributed by atoms with Gasteiger partial charge >= 0.3 is 0 Å². The van der Waals surface area contributed by atoms with Crippen molar-refractivity contribution in [3.05, 3.63) is 53.1 Å². The first-order valence-electron chi connectivity index (χ1n) is 5.16. The maximum absolute atomic E-state index is 10.2. The summed E-state index contributed by atoms with van der Waals surface area (Å²) in [6.07, 6.45) is 2.75. The summed E-state index contributed by atoms with van der Waals surface area (Å²) in [5.41, 5.74) is 1.62. The highest BCUT2D eigenvalue weighted by Crippen LogP contribution is 2.22. The maximum atomic E-state index is 10.2. The molecule has 0 amide bonds. The van der Waals surface area contributed by atoms with Crippen LogP contribution in [0, 0.1) is 0 Å². The van der Waals surface area contributed by atoms with E-state index < -0.39 is 6.10 Å². The van der Waals surface area contributed by atoms with Crippen LogP contribution in [0.1, 0.15) is 24.3 Å². The molecular formula is C12H13ClN2O. The van der Waals surface area contributed by atoms with E-state index in [1.54, 1.807) is 24.7 Å². The Balaban J connectivity index is 2.31. The molecule has 2 aromatic rings. The third kappa shape index (κ3) is 2.10. The van der Waals surface area contributed by atoms with Gasteiger partial charge in [0, 0.05) is 11.6 Å². The Bertz CT molecular complexity index is 464. The molecule has 0 saturated heterocycles. The van der Waals surface area contributed by atoms with E-state index in [1.165, 1.54) is 0 Å². The molecule has 0 radical (unpaired) electrons. The summed E-state index contributed by atoms with van der Waals surface area (Å²) in [7, 11) is 0. The van der Waals surface area contributed by atoms with Crippen molar-refractivity contribution >= 4 is 11.6 Å². The number of hydrogen-bond donors (Lipinski definition) is 1. The molecule has 4 heteroatoms. The Kier molecular flexibility index (Phi) is 3.27. The summed E-state index contributed by atoms with van der Waals surface area (Å²) >= 11 is 5.80. The standard InChI is InChI=1S/C12H13ClN2O/c1-2-15-8-14-7-11(15)12(16)9-3-5-10(13)6-4-9/h3-8,12,16H,2H2,1H3. The Labute approximate surface area is 99.3 Å². The third-order valence-corrected chi connectivity index (χ3v) is 2.80. The fourth-order valence-corrected chi connectivity index (χ4v) is 1.76. The van der Waals surface area contributed by atoms with Crippen molar-refractivity contribution in [2.24, 2.45) is 0 Å². The Morgan fingerprint density at radius 3 is 2.69 bits per heavy atom.